The van der Waals surface area contributed by atoms with Gasteiger partial charge in [0.2, 0.25) is 0 Å². The first-order valence-electron chi connectivity index (χ1n) is 8.08. The lowest BCUT2D eigenvalue weighted by Gasteiger charge is -2.26. The summed E-state index contributed by atoms with van der Waals surface area (Å²) in [7, 11) is 1.78. The van der Waals surface area contributed by atoms with E-state index in [0.717, 1.165) is 5.69 Å². The fourth-order valence-corrected chi connectivity index (χ4v) is 2.97. The van der Waals surface area contributed by atoms with E-state index in [0.29, 0.717) is 35.1 Å². The molecule has 0 spiro atoms. The van der Waals surface area contributed by atoms with Crippen LogP contribution in [-0.4, -0.2) is 38.3 Å². The van der Waals surface area contributed by atoms with Gasteiger partial charge in [0.25, 0.3) is 5.91 Å². The molecule has 0 aliphatic carbocycles. The number of carbonyl (C=O) groups is 2. The molecule has 0 saturated carbocycles. The lowest BCUT2D eigenvalue weighted by molar-refractivity contribution is -0.149. The quantitative estimate of drug-likeness (QED) is 0.845. The number of pyridine rings is 1. The van der Waals surface area contributed by atoms with Gasteiger partial charge in [-0.2, -0.15) is 5.10 Å². The highest BCUT2D eigenvalue weighted by atomic mass is 16.4. The number of aryl methyl sites for hydroxylation is 3. The third-order valence-electron chi connectivity index (χ3n) is 4.74. The topological polar surface area (TPSA) is 97.1 Å². The zero-order valence-corrected chi connectivity index (χ0v) is 14.8. The van der Waals surface area contributed by atoms with E-state index in [1.165, 1.54) is 0 Å². The molecule has 2 heterocycles. The lowest BCUT2D eigenvalue weighted by Crippen LogP contribution is -2.42. The number of hydrogen-bond donors (Lipinski definition) is 2. The Hall–Kier alpha value is -2.44. The minimum atomic E-state index is -0.944. The van der Waals surface area contributed by atoms with E-state index in [4.69, 9.17) is 0 Å². The first kappa shape index (κ1) is 17.9. The number of amides is 1. The third-order valence-corrected chi connectivity index (χ3v) is 4.74. The van der Waals surface area contributed by atoms with Crippen molar-refractivity contribution in [3.8, 4) is 0 Å². The summed E-state index contributed by atoms with van der Waals surface area (Å²) in [5, 5.41) is 17.3. The van der Waals surface area contributed by atoms with Gasteiger partial charge in [-0.15, -0.1) is 0 Å². The molecule has 2 rings (SSSR count). The van der Waals surface area contributed by atoms with E-state index in [9.17, 15) is 14.7 Å². The minimum Gasteiger partial charge on any atom is -0.481 e. The van der Waals surface area contributed by atoms with Crippen LogP contribution in [0.4, 0.5) is 0 Å². The Morgan fingerprint density at radius 3 is 2.46 bits per heavy atom. The summed E-state index contributed by atoms with van der Waals surface area (Å²) in [6.45, 7) is 7.39. The number of aromatic nitrogens is 3. The monoisotopic (exact) mass is 332 g/mol. The molecule has 0 bridgehead atoms. The molecule has 0 radical (unpaired) electrons. The Bertz CT molecular complexity index is 791. The Kier molecular flexibility index (Phi) is 4.91. The van der Waals surface area contributed by atoms with Crippen LogP contribution in [0.1, 0.15) is 48.4 Å². The molecule has 1 amide bonds. The Morgan fingerprint density at radius 1 is 1.29 bits per heavy atom. The molecule has 2 aromatic heterocycles. The Labute approximate surface area is 141 Å². The zero-order chi connectivity index (χ0) is 18.1. The van der Waals surface area contributed by atoms with Crippen molar-refractivity contribution in [2.45, 2.75) is 40.5 Å². The van der Waals surface area contributed by atoms with Crippen LogP contribution in [0.15, 0.2) is 6.07 Å². The van der Waals surface area contributed by atoms with Gasteiger partial charge >= 0.3 is 5.97 Å². The second-order valence-corrected chi connectivity index (χ2v) is 6.19. The summed E-state index contributed by atoms with van der Waals surface area (Å²) in [5.41, 5.74) is 1.62. The van der Waals surface area contributed by atoms with Gasteiger partial charge in [0.1, 0.15) is 0 Å². The maximum absolute atomic E-state index is 12.7. The predicted octanol–water partition coefficient (Wildman–Crippen LogP) is 2.21. The molecule has 0 aromatic carbocycles. The van der Waals surface area contributed by atoms with E-state index in [1.807, 2.05) is 27.7 Å². The highest BCUT2D eigenvalue weighted by Gasteiger charge is 2.35. The van der Waals surface area contributed by atoms with Crippen LogP contribution in [0.5, 0.6) is 0 Å². The average molecular weight is 332 g/mol. The third kappa shape index (κ3) is 2.98. The van der Waals surface area contributed by atoms with Crippen LogP contribution in [0.25, 0.3) is 11.0 Å². The van der Waals surface area contributed by atoms with Crippen LogP contribution in [0, 0.1) is 19.3 Å². The van der Waals surface area contributed by atoms with Gasteiger partial charge in [-0.25, -0.2) is 4.98 Å². The van der Waals surface area contributed by atoms with Crippen LogP contribution >= 0.6 is 0 Å². The molecule has 7 nitrogen and oxygen atoms in total. The fourth-order valence-electron chi connectivity index (χ4n) is 2.97. The van der Waals surface area contributed by atoms with Crippen molar-refractivity contribution in [1.29, 1.82) is 0 Å². The van der Waals surface area contributed by atoms with Crippen LogP contribution in [0.2, 0.25) is 0 Å². The Balaban J connectivity index is 2.37. The van der Waals surface area contributed by atoms with Gasteiger partial charge in [0.05, 0.1) is 22.1 Å². The number of carbonyl (C=O) groups excluding carboxylic acids is 1. The highest BCUT2D eigenvalue weighted by Crippen LogP contribution is 2.26. The van der Waals surface area contributed by atoms with E-state index >= 15 is 0 Å². The largest absolute Gasteiger partial charge is 0.481 e. The summed E-state index contributed by atoms with van der Waals surface area (Å²) in [5.74, 6) is -1.18. The van der Waals surface area contributed by atoms with Crippen molar-refractivity contribution in [2.24, 2.45) is 12.5 Å². The van der Waals surface area contributed by atoms with Crippen LogP contribution in [0.3, 0.4) is 0 Å². The molecule has 0 aliphatic heterocycles. The molecule has 130 valence electrons. The summed E-state index contributed by atoms with van der Waals surface area (Å²) in [4.78, 5) is 28.7. The highest BCUT2D eigenvalue weighted by molar-refractivity contribution is 6.06. The average Bonchev–Trinajstić information content (AvgIpc) is 2.82. The first-order valence-corrected chi connectivity index (χ1v) is 8.08. The van der Waals surface area contributed by atoms with Crippen LogP contribution in [-0.2, 0) is 11.8 Å². The smallest absolute Gasteiger partial charge is 0.311 e. The summed E-state index contributed by atoms with van der Waals surface area (Å²) in [6.07, 6.45) is 0.908. The number of aliphatic carboxylic acids is 1. The van der Waals surface area contributed by atoms with Crippen molar-refractivity contribution >= 4 is 22.9 Å². The number of rotatable bonds is 6. The minimum absolute atomic E-state index is 0.0936. The summed E-state index contributed by atoms with van der Waals surface area (Å²) in [6, 6.07) is 1.71. The molecule has 2 N–H and O–H groups in total. The van der Waals surface area contributed by atoms with Crippen molar-refractivity contribution < 1.29 is 14.7 Å². The van der Waals surface area contributed by atoms with Crippen molar-refractivity contribution in [3.05, 3.63) is 23.0 Å². The second-order valence-electron chi connectivity index (χ2n) is 6.19. The molecule has 0 atom stereocenters. The summed E-state index contributed by atoms with van der Waals surface area (Å²) < 4.78 is 1.65. The fraction of sp³-hybridized carbons (Fsp3) is 0.529. The summed E-state index contributed by atoms with van der Waals surface area (Å²) >= 11 is 0. The molecule has 7 heteroatoms. The number of nitrogens with zero attached hydrogens (tertiary/aromatic N) is 3. The van der Waals surface area contributed by atoms with Crippen molar-refractivity contribution in [2.75, 3.05) is 6.54 Å². The van der Waals surface area contributed by atoms with Gasteiger partial charge in [-0.1, -0.05) is 13.8 Å². The maximum atomic E-state index is 12.7. The van der Waals surface area contributed by atoms with E-state index in [-0.39, 0.29) is 12.5 Å². The normalized spacial score (nSPS) is 11.7. The van der Waals surface area contributed by atoms with Gasteiger partial charge in [0.15, 0.2) is 5.65 Å². The van der Waals surface area contributed by atoms with Gasteiger partial charge in [0, 0.05) is 19.3 Å². The van der Waals surface area contributed by atoms with Gasteiger partial charge in [-0.05, 0) is 32.8 Å². The van der Waals surface area contributed by atoms with Crippen molar-refractivity contribution in [3.63, 3.8) is 0 Å². The van der Waals surface area contributed by atoms with Gasteiger partial charge in [-0.3, -0.25) is 14.3 Å². The van der Waals surface area contributed by atoms with Crippen LogP contribution < -0.4 is 5.32 Å². The molecule has 2 aromatic rings. The molecule has 0 saturated heterocycles. The van der Waals surface area contributed by atoms with Gasteiger partial charge < -0.3 is 10.4 Å². The number of carboxylic acids is 1. The number of fused-ring (bicyclic) bond motifs is 1. The van der Waals surface area contributed by atoms with Crippen molar-refractivity contribution in [1.82, 2.24) is 20.1 Å². The standard InChI is InChI=1S/C17H24N4O3/c1-6-17(7-2,16(23)24)9-18-15(22)12-8-10(3)19-14-13(12)11(4)20-21(14)5/h8H,6-7,9H2,1-5H3,(H,18,22)(H,23,24). The number of hydrogen-bond acceptors (Lipinski definition) is 4. The number of nitrogens with one attached hydrogen (secondary N) is 1. The molecule has 24 heavy (non-hydrogen) atoms. The Morgan fingerprint density at radius 2 is 1.92 bits per heavy atom. The lowest BCUT2D eigenvalue weighted by atomic mass is 9.82. The van der Waals surface area contributed by atoms with E-state index < -0.39 is 11.4 Å². The first-order chi connectivity index (χ1) is 11.3. The maximum Gasteiger partial charge on any atom is 0.311 e. The molecular weight excluding hydrogens is 308 g/mol. The molecule has 0 fully saturated rings. The number of carboxylic acid groups (broad SMARTS) is 1. The predicted molar refractivity (Wildman–Crippen MR) is 91.0 cm³/mol. The van der Waals surface area contributed by atoms with E-state index in [1.54, 1.807) is 17.8 Å². The second kappa shape index (κ2) is 6.59. The molecular formula is C17H24N4O3. The zero-order valence-electron chi connectivity index (χ0n) is 14.8. The SMILES string of the molecule is CCC(CC)(CNC(=O)c1cc(C)nc2c1c(C)nn2C)C(=O)O. The molecule has 0 aliphatic rings. The molecule has 0 unspecified atom stereocenters. The van der Waals surface area contributed by atoms with E-state index in [2.05, 4.69) is 15.4 Å².